The van der Waals surface area contributed by atoms with Gasteiger partial charge in [-0.3, -0.25) is 9.59 Å². The molecule has 0 saturated heterocycles. The number of fused-ring (bicyclic) bond motifs is 1. The first kappa shape index (κ1) is 14.7. The molecule has 0 aliphatic carbocycles. The van der Waals surface area contributed by atoms with Crippen molar-refractivity contribution < 1.29 is 19.1 Å². The van der Waals surface area contributed by atoms with Gasteiger partial charge in [-0.2, -0.15) is 0 Å². The third kappa shape index (κ3) is 2.39. The fourth-order valence-corrected chi connectivity index (χ4v) is 3.57. The number of nitrogens with one attached hydrogen (secondary N) is 1. The molecule has 0 aromatic heterocycles. The van der Waals surface area contributed by atoms with Crippen molar-refractivity contribution in [3.05, 3.63) is 23.8 Å². The number of nitrogens with zero attached hydrogens (tertiary/aromatic N) is 2. The standard InChI is InChI=1S/C14H15N3O4S/c1-8(18)15-13-16-17(9(2)19)14(3,22-13)10-4-5-11-12(6-10)21-7-20-11/h4-6H,7H2,1-3H3,(H,15,16,18)/t14-/m0/s1. The highest BCUT2D eigenvalue weighted by Crippen LogP contribution is 2.47. The van der Waals surface area contributed by atoms with Gasteiger partial charge in [0.05, 0.1) is 0 Å². The fraction of sp³-hybridized carbons (Fsp3) is 0.357. The SMILES string of the molecule is CC(=O)NC1=NN(C(C)=O)[C@](C)(c2ccc3c(c2)OCO3)S1. The van der Waals surface area contributed by atoms with Crippen LogP contribution in [0.1, 0.15) is 26.3 Å². The zero-order valence-electron chi connectivity index (χ0n) is 12.4. The molecule has 1 atom stereocenters. The Labute approximate surface area is 131 Å². The quantitative estimate of drug-likeness (QED) is 0.849. The maximum Gasteiger partial charge on any atom is 0.241 e. The summed E-state index contributed by atoms with van der Waals surface area (Å²) in [4.78, 5) is 22.4. The van der Waals surface area contributed by atoms with E-state index in [1.807, 2.05) is 19.1 Å². The third-order valence-corrected chi connectivity index (χ3v) is 4.56. The van der Waals surface area contributed by atoms with Crippen molar-refractivity contribution in [1.29, 1.82) is 0 Å². The van der Waals surface area contributed by atoms with Gasteiger partial charge in [0, 0.05) is 13.8 Å². The van der Waals surface area contributed by atoms with Crippen LogP contribution in [0.2, 0.25) is 0 Å². The fourth-order valence-electron chi connectivity index (χ4n) is 2.38. The monoisotopic (exact) mass is 321 g/mol. The first-order chi connectivity index (χ1) is 10.4. The Morgan fingerprint density at radius 2 is 2.05 bits per heavy atom. The topological polar surface area (TPSA) is 80.2 Å². The van der Waals surface area contributed by atoms with Crippen molar-refractivity contribution in [2.45, 2.75) is 25.6 Å². The summed E-state index contributed by atoms with van der Waals surface area (Å²) in [7, 11) is 0. The summed E-state index contributed by atoms with van der Waals surface area (Å²) in [6, 6.07) is 5.50. The molecule has 22 heavy (non-hydrogen) atoms. The minimum absolute atomic E-state index is 0.187. The number of hydrazone groups is 1. The molecule has 0 saturated carbocycles. The van der Waals surface area contributed by atoms with Crippen molar-refractivity contribution in [1.82, 2.24) is 10.3 Å². The molecule has 3 rings (SSSR count). The van der Waals surface area contributed by atoms with Gasteiger partial charge in [0.1, 0.15) is 4.87 Å². The maximum atomic E-state index is 11.9. The Morgan fingerprint density at radius 3 is 2.73 bits per heavy atom. The molecule has 1 aromatic rings. The van der Waals surface area contributed by atoms with Gasteiger partial charge in [-0.1, -0.05) is 17.8 Å². The number of carbonyl (C=O) groups is 2. The molecule has 0 bridgehead atoms. The lowest BCUT2D eigenvalue weighted by Crippen LogP contribution is -2.37. The van der Waals surface area contributed by atoms with Crippen LogP contribution in [0.3, 0.4) is 0 Å². The van der Waals surface area contributed by atoms with E-state index < -0.39 is 4.87 Å². The third-order valence-electron chi connectivity index (χ3n) is 3.38. The van der Waals surface area contributed by atoms with Crippen molar-refractivity contribution in [2.75, 3.05) is 6.79 Å². The average Bonchev–Trinajstić information content (AvgIpc) is 3.02. The van der Waals surface area contributed by atoms with Crippen LogP contribution in [-0.2, 0) is 14.5 Å². The molecular formula is C14H15N3O4S. The Hall–Kier alpha value is -2.22. The van der Waals surface area contributed by atoms with E-state index in [1.54, 1.807) is 6.07 Å². The number of hydrogen-bond acceptors (Lipinski definition) is 6. The van der Waals surface area contributed by atoms with Gasteiger partial charge in [-0.15, -0.1) is 5.10 Å². The smallest absolute Gasteiger partial charge is 0.241 e. The van der Waals surface area contributed by atoms with Crippen LogP contribution in [0, 0.1) is 0 Å². The van der Waals surface area contributed by atoms with Crippen LogP contribution >= 0.6 is 11.8 Å². The van der Waals surface area contributed by atoms with Crippen LogP contribution in [0.25, 0.3) is 0 Å². The zero-order chi connectivity index (χ0) is 15.9. The number of amidine groups is 1. The average molecular weight is 321 g/mol. The van der Waals surface area contributed by atoms with E-state index in [-0.39, 0.29) is 18.6 Å². The van der Waals surface area contributed by atoms with E-state index >= 15 is 0 Å². The molecule has 2 amide bonds. The Balaban J connectivity index is 1.97. The lowest BCUT2D eigenvalue weighted by atomic mass is 10.1. The normalized spacial score (nSPS) is 22.5. The highest BCUT2D eigenvalue weighted by atomic mass is 32.2. The lowest BCUT2D eigenvalue weighted by molar-refractivity contribution is -0.131. The summed E-state index contributed by atoms with van der Waals surface area (Å²) >= 11 is 1.30. The summed E-state index contributed by atoms with van der Waals surface area (Å²) in [6.07, 6.45) is 0. The summed E-state index contributed by atoms with van der Waals surface area (Å²) in [5.74, 6) is 0.862. The predicted octanol–water partition coefficient (Wildman–Crippen LogP) is 1.59. The van der Waals surface area contributed by atoms with Crippen LogP contribution in [0.5, 0.6) is 11.5 Å². The predicted molar refractivity (Wildman–Crippen MR) is 81.3 cm³/mol. The van der Waals surface area contributed by atoms with Crippen molar-refractivity contribution in [2.24, 2.45) is 5.10 Å². The second-order valence-corrected chi connectivity index (χ2v) is 6.46. The van der Waals surface area contributed by atoms with Gasteiger partial charge in [0.15, 0.2) is 16.7 Å². The first-order valence-electron chi connectivity index (χ1n) is 6.66. The molecule has 2 heterocycles. The lowest BCUT2D eigenvalue weighted by Gasteiger charge is -2.31. The minimum Gasteiger partial charge on any atom is -0.454 e. The van der Waals surface area contributed by atoms with Crippen molar-refractivity contribution in [3.63, 3.8) is 0 Å². The number of benzene rings is 1. The van der Waals surface area contributed by atoms with Crippen molar-refractivity contribution >= 4 is 28.7 Å². The number of rotatable bonds is 1. The minimum atomic E-state index is -0.759. The Kier molecular flexibility index (Phi) is 3.48. The second-order valence-electron chi connectivity index (χ2n) is 5.07. The number of amides is 2. The van der Waals surface area contributed by atoms with Crippen molar-refractivity contribution in [3.8, 4) is 11.5 Å². The van der Waals surface area contributed by atoms with E-state index in [2.05, 4.69) is 10.4 Å². The van der Waals surface area contributed by atoms with Gasteiger partial charge < -0.3 is 14.8 Å². The first-order valence-corrected chi connectivity index (χ1v) is 7.48. The Bertz CT molecular complexity index is 691. The van der Waals surface area contributed by atoms with Crippen LogP contribution in [0.4, 0.5) is 0 Å². The zero-order valence-corrected chi connectivity index (χ0v) is 13.2. The number of hydrogen-bond donors (Lipinski definition) is 1. The molecule has 1 aromatic carbocycles. The molecule has 0 spiro atoms. The summed E-state index contributed by atoms with van der Waals surface area (Å²) in [5, 5.41) is 8.59. The molecule has 8 heteroatoms. The highest BCUT2D eigenvalue weighted by molar-refractivity contribution is 8.14. The molecule has 0 unspecified atom stereocenters. The maximum absolute atomic E-state index is 11.9. The molecule has 1 N–H and O–H groups in total. The van der Waals surface area contributed by atoms with E-state index in [0.717, 1.165) is 5.56 Å². The summed E-state index contributed by atoms with van der Waals surface area (Å²) < 4.78 is 10.7. The van der Waals surface area contributed by atoms with Gasteiger partial charge in [0.25, 0.3) is 0 Å². The molecule has 2 aliphatic heterocycles. The number of carbonyl (C=O) groups excluding carboxylic acids is 2. The van der Waals surface area contributed by atoms with Gasteiger partial charge in [0.2, 0.25) is 18.6 Å². The van der Waals surface area contributed by atoms with E-state index in [9.17, 15) is 9.59 Å². The summed E-state index contributed by atoms with van der Waals surface area (Å²) in [5.41, 5.74) is 0.834. The number of thioether (sulfide) groups is 1. The molecule has 116 valence electrons. The Morgan fingerprint density at radius 1 is 1.32 bits per heavy atom. The van der Waals surface area contributed by atoms with E-state index in [1.165, 1.54) is 30.6 Å². The van der Waals surface area contributed by atoms with Crippen LogP contribution < -0.4 is 14.8 Å². The highest BCUT2D eigenvalue weighted by Gasteiger charge is 2.44. The van der Waals surface area contributed by atoms with Crippen LogP contribution in [-0.4, -0.2) is 28.8 Å². The second kappa shape index (κ2) is 5.20. The molecule has 7 nitrogen and oxygen atoms in total. The number of ether oxygens (including phenoxy) is 2. The van der Waals surface area contributed by atoms with Gasteiger partial charge >= 0.3 is 0 Å². The van der Waals surface area contributed by atoms with Gasteiger partial charge in [-0.25, -0.2) is 5.01 Å². The molecule has 0 fully saturated rings. The van der Waals surface area contributed by atoms with E-state index in [0.29, 0.717) is 16.7 Å². The molecule has 2 aliphatic rings. The van der Waals surface area contributed by atoms with E-state index in [4.69, 9.17) is 9.47 Å². The van der Waals surface area contributed by atoms with Crippen LogP contribution in [0.15, 0.2) is 23.3 Å². The van der Waals surface area contributed by atoms with Gasteiger partial charge in [-0.05, 0) is 24.6 Å². The molecule has 0 radical (unpaired) electrons. The largest absolute Gasteiger partial charge is 0.454 e. The molecular weight excluding hydrogens is 306 g/mol. The summed E-state index contributed by atoms with van der Waals surface area (Å²) in [6.45, 7) is 4.89.